The van der Waals surface area contributed by atoms with Crippen LogP contribution in [0, 0.1) is 0 Å². The summed E-state index contributed by atoms with van der Waals surface area (Å²) in [5.41, 5.74) is 5.06. The highest BCUT2D eigenvalue weighted by molar-refractivity contribution is 5.76. The van der Waals surface area contributed by atoms with E-state index in [9.17, 15) is 4.79 Å². The quantitative estimate of drug-likeness (QED) is 0.688. The molecule has 0 bridgehead atoms. The molecule has 2 heterocycles. The number of carbonyl (C=O) groups excluding carboxylic acids is 1. The standard InChI is InChI=1S/C9H12N4O2/c10-8(14)5-13-3-7(4-13)15-9-1-2-11-6-12-9/h1-2,6-7H,3-5H2,(H2,10,14). The summed E-state index contributed by atoms with van der Waals surface area (Å²) in [7, 11) is 0. The van der Waals surface area contributed by atoms with Crippen molar-refractivity contribution in [3.05, 3.63) is 18.6 Å². The lowest BCUT2D eigenvalue weighted by molar-refractivity contribution is -0.121. The molecule has 1 aliphatic rings. The Bertz CT molecular complexity index is 337. The largest absolute Gasteiger partial charge is 0.472 e. The van der Waals surface area contributed by atoms with Gasteiger partial charge in [0, 0.05) is 25.4 Å². The van der Waals surface area contributed by atoms with Crippen LogP contribution in [0.15, 0.2) is 18.6 Å². The van der Waals surface area contributed by atoms with Gasteiger partial charge in [0.15, 0.2) is 0 Å². The summed E-state index contributed by atoms with van der Waals surface area (Å²) < 4.78 is 5.52. The summed E-state index contributed by atoms with van der Waals surface area (Å²) in [6.45, 7) is 1.73. The Morgan fingerprint density at radius 3 is 3.07 bits per heavy atom. The summed E-state index contributed by atoms with van der Waals surface area (Å²) in [6, 6.07) is 1.71. The van der Waals surface area contributed by atoms with Crippen molar-refractivity contribution in [3.8, 4) is 5.88 Å². The molecule has 1 fully saturated rings. The Labute approximate surface area is 87.1 Å². The third-order valence-electron chi connectivity index (χ3n) is 2.15. The second-order valence-electron chi connectivity index (χ2n) is 3.45. The Morgan fingerprint density at radius 2 is 2.47 bits per heavy atom. The van der Waals surface area contributed by atoms with Gasteiger partial charge in [-0.3, -0.25) is 9.69 Å². The summed E-state index contributed by atoms with van der Waals surface area (Å²) >= 11 is 0. The van der Waals surface area contributed by atoms with Gasteiger partial charge in [0.05, 0.1) is 6.54 Å². The summed E-state index contributed by atoms with van der Waals surface area (Å²) in [4.78, 5) is 20.2. The molecule has 0 aromatic carbocycles. The van der Waals surface area contributed by atoms with Crippen molar-refractivity contribution in [2.45, 2.75) is 6.10 Å². The molecule has 1 aromatic heterocycles. The fourth-order valence-electron chi connectivity index (χ4n) is 1.47. The van der Waals surface area contributed by atoms with E-state index in [1.807, 2.05) is 4.90 Å². The van der Waals surface area contributed by atoms with E-state index in [1.165, 1.54) is 6.33 Å². The lowest BCUT2D eigenvalue weighted by atomic mass is 10.1. The molecule has 0 radical (unpaired) electrons. The number of ether oxygens (including phenoxy) is 1. The predicted octanol–water partition coefficient (Wildman–Crippen LogP) is -0.975. The van der Waals surface area contributed by atoms with E-state index in [1.54, 1.807) is 12.3 Å². The van der Waals surface area contributed by atoms with Gasteiger partial charge in [0.25, 0.3) is 0 Å². The molecule has 0 atom stereocenters. The molecular formula is C9H12N4O2. The maximum absolute atomic E-state index is 10.6. The summed E-state index contributed by atoms with van der Waals surface area (Å²) in [5.74, 6) is 0.254. The first-order valence-electron chi connectivity index (χ1n) is 4.67. The molecule has 15 heavy (non-hydrogen) atoms. The Hall–Kier alpha value is -1.69. The number of likely N-dealkylation sites (tertiary alicyclic amines) is 1. The van der Waals surface area contributed by atoms with Gasteiger partial charge in [-0.25, -0.2) is 9.97 Å². The number of carbonyl (C=O) groups is 1. The zero-order chi connectivity index (χ0) is 10.7. The topological polar surface area (TPSA) is 81.3 Å². The summed E-state index contributed by atoms with van der Waals surface area (Å²) in [5, 5.41) is 0. The number of hydrogen-bond donors (Lipinski definition) is 1. The van der Waals surface area contributed by atoms with E-state index >= 15 is 0 Å². The van der Waals surface area contributed by atoms with Crippen molar-refractivity contribution >= 4 is 5.91 Å². The van der Waals surface area contributed by atoms with Crippen molar-refractivity contribution in [1.29, 1.82) is 0 Å². The smallest absolute Gasteiger partial charge is 0.231 e. The molecule has 0 unspecified atom stereocenters. The average Bonchev–Trinajstić information content (AvgIpc) is 2.15. The molecule has 0 saturated carbocycles. The second-order valence-corrected chi connectivity index (χ2v) is 3.45. The van der Waals surface area contributed by atoms with Crippen LogP contribution in [-0.2, 0) is 4.79 Å². The number of aromatic nitrogens is 2. The Balaban J connectivity index is 1.74. The van der Waals surface area contributed by atoms with Crippen LogP contribution in [0.4, 0.5) is 0 Å². The van der Waals surface area contributed by atoms with Crippen LogP contribution < -0.4 is 10.5 Å². The van der Waals surface area contributed by atoms with Crippen molar-refractivity contribution in [2.24, 2.45) is 5.73 Å². The first kappa shape index (κ1) is 9.85. The maximum atomic E-state index is 10.6. The first-order chi connectivity index (χ1) is 7.24. The average molecular weight is 208 g/mol. The number of amides is 1. The lowest BCUT2D eigenvalue weighted by Gasteiger charge is -2.37. The van der Waals surface area contributed by atoms with Gasteiger partial charge in [-0.15, -0.1) is 0 Å². The fraction of sp³-hybridized carbons (Fsp3) is 0.444. The molecule has 80 valence electrons. The number of primary amides is 1. The van der Waals surface area contributed by atoms with Crippen molar-refractivity contribution in [1.82, 2.24) is 14.9 Å². The van der Waals surface area contributed by atoms with Gasteiger partial charge in [-0.05, 0) is 0 Å². The number of hydrogen-bond acceptors (Lipinski definition) is 5. The molecule has 6 heteroatoms. The van der Waals surface area contributed by atoms with Gasteiger partial charge in [0.1, 0.15) is 12.4 Å². The minimum atomic E-state index is -0.310. The second kappa shape index (κ2) is 4.22. The van der Waals surface area contributed by atoms with Crippen molar-refractivity contribution < 1.29 is 9.53 Å². The molecule has 1 amide bonds. The highest BCUT2D eigenvalue weighted by Gasteiger charge is 2.29. The lowest BCUT2D eigenvalue weighted by Crippen LogP contribution is -2.56. The molecule has 6 nitrogen and oxygen atoms in total. The predicted molar refractivity (Wildman–Crippen MR) is 52.1 cm³/mol. The Kier molecular flexibility index (Phi) is 2.77. The maximum Gasteiger partial charge on any atom is 0.231 e. The van der Waals surface area contributed by atoms with E-state index < -0.39 is 0 Å². The molecule has 1 aromatic rings. The third-order valence-corrected chi connectivity index (χ3v) is 2.15. The normalized spacial score (nSPS) is 17.1. The van der Waals surface area contributed by atoms with Crippen LogP contribution in [0.5, 0.6) is 5.88 Å². The number of nitrogens with zero attached hydrogens (tertiary/aromatic N) is 3. The van der Waals surface area contributed by atoms with Crippen molar-refractivity contribution in [2.75, 3.05) is 19.6 Å². The summed E-state index contributed by atoms with van der Waals surface area (Å²) in [6.07, 6.45) is 3.16. The van der Waals surface area contributed by atoms with Crippen LogP contribution >= 0.6 is 0 Å². The van der Waals surface area contributed by atoms with E-state index in [-0.39, 0.29) is 12.0 Å². The molecule has 2 rings (SSSR count). The third kappa shape index (κ3) is 2.63. The van der Waals surface area contributed by atoms with Crippen LogP contribution in [0.1, 0.15) is 0 Å². The number of nitrogens with two attached hydrogens (primary N) is 1. The highest BCUT2D eigenvalue weighted by Crippen LogP contribution is 2.14. The molecule has 1 saturated heterocycles. The van der Waals surface area contributed by atoms with Gasteiger partial charge >= 0.3 is 0 Å². The van der Waals surface area contributed by atoms with Gasteiger partial charge in [-0.2, -0.15) is 0 Å². The van der Waals surface area contributed by atoms with Gasteiger partial charge < -0.3 is 10.5 Å². The van der Waals surface area contributed by atoms with Crippen molar-refractivity contribution in [3.63, 3.8) is 0 Å². The minimum absolute atomic E-state index is 0.0965. The van der Waals surface area contributed by atoms with Crippen LogP contribution in [0.2, 0.25) is 0 Å². The molecule has 0 spiro atoms. The van der Waals surface area contributed by atoms with E-state index in [4.69, 9.17) is 10.5 Å². The van der Waals surface area contributed by atoms with Crippen LogP contribution in [0.25, 0.3) is 0 Å². The molecular weight excluding hydrogens is 196 g/mol. The zero-order valence-electron chi connectivity index (χ0n) is 8.17. The Morgan fingerprint density at radius 1 is 1.67 bits per heavy atom. The first-order valence-corrected chi connectivity index (χ1v) is 4.67. The van der Waals surface area contributed by atoms with E-state index in [0.29, 0.717) is 25.5 Å². The van der Waals surface area contributed by atoms with E-state index in [0.717, 1.165) is 0 Å². The highest BCUT2D eigenvalue weighted by atomic mass is 16.5. The van der Waals surface area contributed by atoms with Gasteiger partial charge in [-0.1, -0.05) is 0 Å². The van der Waals surface area contributed by atoms with Crippen LogP contribution in [-0.4, -0.2) is 46.5 Å². The molecule has 0 aliphatic carbocycles. The monoisotopic (exact) mass is 208 g/mol. The van der Waals surface area contributed by atoms with Gasteiger partial charge in [0.2, 0.25) is 11.8 Å². The minimum Gasteiger partial charge on any atom is -0.472 e. The zero-order valence-corrected chi connectivity index (χ0v) is 8.17. The molecule has 2 N–H and O–H groups in total. The van der Waals surface area contributed by atoms with E-state index in [2.05, 4.69) is 9.97 Å². The fourth-order valence-corrected chi connectivity index (χ4v) is 1.47. The van der Waals surface area contributed by atoms with Crippen LogP contribution in [0.3, 0.4) is 0 Å². The molecule has 1 aliphatic heterocycles. The number of rotatable bonds is 4. The SMILES string of the molecule is NC(=O)CN1CC(Oc2ccncn2)C1.